The van der Waals surface area contributed by atoms with E-state index in [1.165, 1.54) is 24.3 Å². The lowest BCUT2D eigenvalue weighted by molar-refractivity contribution is 0.0682. The zero-order chi connectivity index (χ0) is 15.6. The van der Waals surface area contributed by atoms with Crippen LogP contribution in [0.15, 0.2) is 36.4 Å². The molecule has 4 nitrogen and oxygen atoms in total. The van der Waals surface area contributed by atoms with Gasteiger partial charge in [0.1, 0.15) is 11.6 Å². The zero-order valence-corrected chi connectivity index (χ0v) is 10.6. The van der Waals surface area contributed by atoms with Gasteiger partial charge in [0.05, 0.1) is 11.1 Å². The summed E-state index contributed by atoms with van der Waals surface area (Å²) in [5.41, 5.74) is -0.593. The molecule has 0 bridgehead atoms. The van der Waals surface area contributed by atoms with Crippen molar-refractivity contribution in [3.8, 4) is 0 Å². The fourth-order valence-corrected chi connectivity index (χ4v) is 1.91. The van der Waals surface area contributed by atoms with Crippen LogP contribution in [0.25, 0.3) is 0 Å². The van der Waals surface area contributed by atoms with Crippen molar-refractivity contribution in [2.24, 2.45) is 0 Å². The van der Waals surface area contributed by atoms with Crippen LogP contribution < -0.4 is 0 Å². The lowest BCUT2D eigenvalue weighted by Gasteiger charge is -2.07. The Hall–Kier alpha value is -2.76. The van der Waals surface area contributed by atoms with Crippen molar-refractivity contribution >= 4 is 11.9 Å². The molecule has 0 fully saturated rings. The molecule has 2 aromatic carbocycles. The Morgan fingerprint density at radius 3 is 2.24 bits per heavy atom. The fraction of sp³-hybridized carbons (Fsp3) is 0.0667. The highest BCUT2D eigenvalue weighted by Crippen LogP contribution is 2.19. The minimum Gasteiger partial charge on any atom is -0.478 e. The molecule has 0 radical (unpaired) electrons. The first kappa shape index (κ1) is 14.6. The second-order valence-electron chi connectivity index (χ2n) is 4.37. The third kappa shape index (κ3) is 3.05. The molecule has 6 heteroatoms. The first-order chi connectivity index (χ1) is 9.90. The molecule has 0 heterocycles. The summed E-state index contributed by atoms with van der Waals surface area (Å²) in [6.45, 7) is 0. The van der Waals surface area contributed by atoms with Crippen LogP contribution in [0.5, 0.6) is 0 Å². The molecule has 0 spiro atoms. The maximum Gasteiger partial charge on any atom is 0.338 e. The number of carbonyl (C=O) groups is 2. The maximum absolute atomic E-state index is 14.0. The normalized spacial score (nSPS) is 10.4. The van der Waals surface area contributed by atoms with Gasteiger partial charge in [-0.15, -0.1) is 0 Å². The van der Waals surface area contributed by atoms with Gasteiger partial charge in [-0.2, -0.15) is 0 Å². The summed E-state index contributed by atoms with van der Waals surface area (Å²) < 4.78 is 27.7. The smallest absolute Gasteiger partial charge is 0.338 e. The summed E-state index contributed by atoms with van der Waals surface area (Å²) in [7, 11) is 0. The van der Waals surface area contributed by atoms with Gasteiger partial charge in [0.25, 0.3) is 0 Å². The molecule has 0 unspecified atom stereocenters. The highest BCUT2D eigenvalue weighted by molar-refractivity contribution is 5.88. The Bertz CT molecular complexity index is 726. The van der Waals surface area contributed by atoms with Crippen molar-refractivity contribution in [3.05, 3.63) is 70.3 Å². The summed E-state index contributed by atoms with van der Waals surface area (Å²) in [6.07, 6.45) is -0.168. The summed E-state index contributed by atoms with van der Waals surface area (Å²) in [4.78, 5) is 21.5. The first-order valence-corrected chi connectivity index (χ1v) is 5.92. The fourth-order valence-electron chi connectivity index (χ4n) is 1.91. The van der Waals surface area contributed by atoms with Gasteiger partial charge < -0.3 is 10.2 Å². The molecule has 0 amide bonds. The molecule has 0 aromatic heterocycles. The van der Waals surface area contributed by atoms with E-state index in [1.807, 2.05) is 0 Å². The van der Waals surface area contributed by atoms with Gasteiger partial charge in [-0.3, -0.25) is 0 Å². The van der Waals surface area contributed by atoms with Gasteiger partial charge >= 0.3 is 11.9 Å². The van der Waals surface area contributed by atoms with Gasteiger partial charge in [-0.1, -0.05) is 18.2 Å². The van der Waals surface area contributed by atoms with E-state index in [2.05, 4.69) is 0 Å². The molecule has 0 saturated carbocycles. The molecule has 108 valence electrons. The van der Waals surface area contributed by atoms with E-state index < -0.39 is 29.1 Å². The predicted molar refractivity (Wildman–Crippen MR) is 69.5 cm³/mol. The molecule has 0 atom stereocenters. The van der Waals surface area contributed by atoms with Gasteiger partial charge in [0.15, 0.2) is 0 Å². The van der Waals surface area contributed by atoms with E-state index in [-0.39, 0.29) is 23.1 Å². The molecular weight excluding hydrogens is 282 g/mol. The Morgan fingerprint density at radius 2 is 1.67 bits per heavy atom. The third-order valence-electron chi connectivity index (χ3n) is 2.99. The van der Waals surface area contributed by atoms with E-state index in [1.54, 1.807) is 0 Å². The van der Waals surface area contributed by atoms with E-state index in [4.69, 9.17) is 10.2 Å². The Balaban J connectivity index is 2.37. The molecular formula is C15H10F2O4. The van der Waals surface area contributed by atoms with Gasteiger partial charge in [0, 0.05) is 6.42 Å². The van der Waals surface area contributed by atoms with Crippen LogP contribution in [0.4, 0.5) is 8.78 Å². The van der Waals surface area contributed by atoms with E-state index in [0.717, 1.165) is 12.1 Å². The molecule has 2 aromatic rings. The largest absolute Gasteiger partial charge is 0.478 e. The highest BCUT2D eigenvalue weighted by atomic mass is 19.1. The van der Waals surface area contributed by atoms with Crippen LogP contribution in [0.1, 0.15) is 31.8 Å². The highest BCUT2D eigenvalue weighted by Gasteiger charge is 2.16. The molecule has 2 rings (SSSR count). The van der Waals surface area contributed by atoms with Crippen LogP contribution in [-0.4, -0.2) is 22.2 Å². The van der Waals surface area contributed by atoms with E-state index in [9.17, 15) is 18.4 Å². The maximum atomic E-state index is 14.0. The second-order valence-corrected chi connectivity index (χ2v) is 4.37. The number of rotatable bonds is 4. The van der Waals surface area contributed by atoms with E-state index >= 15 is 0 Å². The average molecular weight is 292 g/mol. The summed E-state index contributed by atoms with van der Waals surface area (Å²) in [5.74, 6) is -4.38. The minimum absolute atomic E-state index is 0.0249. The molecule has 0 saturated heterocycles. The average Bonchev–Trinajstić information content (AvgIpc) is 2.42. The monoisotopic (exact) mass is 292 g/mol. The van der Waals surface area contributed by atoms with Crippen molar-refractivity contribution in [3.63, 3.8) is 0 Å². The molecule has 21 heavy (non-hydrogen) atoms. The number of carboxylic acid groups (broad SMARTS) is 2. The summed E-state index contributed by atoms with van der Waals surface area (Å²) in [6, 6.07) is 7.13. The van der Waals surface area contributed by atoms with Crippen LogP contribution in [0.3, 0.4) is 0 Å². The van der Waals surface area contributed by atoms with Crippen LogP contribution in [0.2, 0.25) is 0 Å². The topological polar surface area (TPSA) is 74.6 Å². The van der Waals surface area contributed by atoms with E-state index in [0.29, 0.717) is 0 Å². The van der Waals surface area contributed by atoms with Crippen molar-refractivity contribution in [2.75, 3.05) is 0 Å². The molecule has 0 aliphatic carbocycles. The Kier molecular flexibility index (Phi) is 3.98. The molecule has 0 aliphatic rings. The van der Waals surface area contributed by atoms with Crippen molar-refractivity contribution in [2.45, 2.75) is 6.42 Å². The quantitative estimate of drug-likeness (QED) is 0.908. The second kappa shape index (κ2) is 5.70. The van der Waals surface area contributed by atoms with Crippen molar-refractivity contribution < 1.29 is 28.6 Å². The third-order valence-corrected chi connectivity index (χ3v) is 2.99. The van der Waals surface area contributed by atoms with Gasteiger partial charge in [-0.05, 0) is 29.3 Å². The van der Waals surface area contributed by atoms with Crippen molar-refractivity contribution in [1.29, 1.82) is 0 Å². The zero-order valence-electron chi connectivity index (χ0n) is 10.6. The lowest BCUT2D eigenvalue weighted by Crippen LogP contribution is -2.05. The number of carboxylic acids is 2. The standard InChI is InChI=1S/C15H10F2O4/c16-12-7-10(14(18)19)5-4-8(12)6-9-2-1-3-11(13(9)17)15(20)21/h1-5,7H,6H2,(H,18,19)(H,20,21). The minimum atomic E-state index is -1.41. The van der Waals surface area contributed by atoms with Gasteiger partial charge in [-0.25, -0.2) is 18.4 Å². The Labute approximate surface area is 118 Å². The van der Waals surface area contributed by atoms with Crippen molar-refractivity contribution in [1.82, 2.24) is 0 Å². The molecule has 2 N–H and O–H groups in total. The number of hydrogen-bond donors (Lipinski definition) is 2. The SMILES string of the molecule is O=C(O)c1ccc(Cc2cccc(C(=O)O)c2F)c(F)c1. The van der Waals surface area contributed by atoms with Crippen LogP contribution in [-0.2, 0) is 6.42 Å². The summed E-state index contributed by atoms with van der Waals surface area (Å²) in [5, 5.41) is 17.6. The predicted octanol–water partition coefficient (Wildman–Crippen LogP) is 2.95. The molecule has 0 aliphatic heterocycles. The van der Waals surface area contributed by atoms with Crippen LogP contribution in [0, 0.1) is 11.6 Å². The van der Waals surface area contributed by atoms with Crippen LogP contribution >= 0.6 is 0 Å². The number of aromatic carboxylic acids is 2. The lowest BCUT2D eigenvalue weighted by atomic mass is 10.0. The first-order valence-electron chi connectivity index (χ1n) is 5.92. The number of halogens is 2. The number of benzene rings is 2. The van der Waals surface area contributed by atoms with Gasteiger partial charge in [0.2, 0.25) is 0 Å². The number of hydrogen-bond acceptors (Lipinski definition) is 2. The Morgan fingerprint density at radius 1 is 0.952 bits per heavy atom. The summed E-state index contributed by atoms with van der Waals surface area (Å²) >= 11 is 0.